The molecule has 0 saturated heterocycles. The summed E-state index contributed by atoms with van der Waals surface area (Å²) in [5.41, 5.74) is 0.175. The standard InChI is InChI=1S/C6H7NO4S2/c1-3-2-12-6(13(7,10)11)4(3)5(8)9/h2H,1H3,(H,8,9)(H2,7,10,11). The van der Waals surface area contributed by atoms with Crippen molar-refractivity contribution in [3.8, 4) is 0 Å². The molecule has 1 aromatic heterocycles. The zero-order valence-corrected chi connectivity index (χ0v) is 8.28. The summed E-state index contributed by atoms with van der Waals surface area (Å²) in [4.78, 5) is 10.6. The van der Waals surface area contributed by atoms with Gasteiger partial charge in [-0.15, -0.1) is 11.3 Å². The molecule has 0 amide bonds. The zero-order chi connectivity index (χ0) is 10.2. The molecule has 0 spiro atoms. The Labute approximate surface area is 78.9 Å². The fourth-order valence-electron chi connectivity index (χ4n) is 0.886. The van der Waals surface area contributed by atoms with Crippen molar-refractivity contribution >= 4 is 27.3 Å². The first-order valence-electron chi connectivity index (χ1n) is 3.18. The van der Waals surface area contributed by atoms with Gasteiger partial charge in [0, 0.05) is 0 Å². The maximum absolute atomic E-state index is 10.9. The molecule has 0 aliphatic heterocycles. The summed E-state index contributed by atoms with van der Waals surface area (Å²) in [6, 6.07) is 0. The summed E-state index contributed by atoms with van der Waals surface area (Å²) in [5, 5.41) is 15.0. The molecule has 0 bridgehead atoms. The average molecular weight is 221 g/mol. The molecule has 3 N–H and O–H groups in total. The van der Waals surface area contributed by atoms with Gasteiger partial charge in [-0.25, -0.2) is 18.4 Å². The smallest absolute Gasteiger partial charge is 0.338 e. The third kappa shape index (κ3) is 1.87. The van der Waals surface area contributed by atoms with Crippen LogP contribution in [0.3, 0.4) is 0 Å². The first-order valence-corrected chi connectivity index (χ1v) is 5.61. The number of carboxylic acids is 1. The van der Waals surface area contributed by atoms with Crippen LogP contribution in [0.1, 0.15) is 15.9 Å². The number of thiophene rings is 1. The van der Waals surface area contributed by atoms with Crippen molar-refractivity contribution in [1.29, 1.82) is 0 Å². The van der Waals surface area contributed by atoms with E-state index in [1.54, 1.807) is 0 Å². The molecular formula is C6H7NO4S2. The van der Waals surface area contributed by atoms with Gasteiger partial charge in [-0.05, 0) is 17.9 Å². The molecule has 1 heterocycles. The minimum atomic E-state index is -3.92. The second-order valence-electron chi connectivity index (χ2n) is 2.43. The summed E-state index contributed by atoms with van der Waals surface area (Å²) >= 11 is 0.818. The van der Waals surface area contributed by atoms with Crippen LogP contribution in [0.2, 0.25) is 0 Å². The lowest BCUT2D eigenvalue weighted by Crippen LogP contribution is -2.14. The molecule has 0 unspecified atom stereocenters. The maximum Gasteiger partial charge on any atom is 0.338 e. The Hall–Kier alpha value is -0.920. The molecule has 0 atom stereocenters. The van der Waals surface area contributed by atoms with E-state index in [4.69, 9.17) is 10.2 Å². The molecule has 0 aliphatic rings. The van der Waals surface area contributed by atoms with Crippen molar-refractivity contribution < 1.29 is 18.3 Å². The molecule has 1 rings (SSSR count). The minimum Gasteiger partial charge on any atom is -0.478 e. The highest BCUT2D eigenvalue weighted by molar-refractivity contribution is 7.91. The molecule has 1 aromatic rings. The lowest BCUT2D eigenvalue weighted by Gasteiger charge is -1.96. The molecule has 0 aliphatic carbocycles. The van der Waals surface area contributed by atoms with Crippen LogP contribution in [0.5, 0.6) is 0 Å². The van der Waals surface area contributed by atoms with E-state index >= 15 is 0 Å². The summed E-state index contributed by atoms with van der Waals surface area (Å²) in [6.45, 7) is 1.52. The molecule has 72 valence electrons. The Morgan fingerprint density at radius 3 is 2.46 bits per heavy atom. The Bertz CT molecular complexity index is 445. The van der Waals surface area contributed by atoms with Crippen molar-refractivity contribution in [2.45, 2.75) is 11.1 Å². The van der Waals surface area contributed by atoms with Crippen molar-refractivity contribution in [1.82, 2.24) is 0 Å². The highest BCUT2D eigenvalue weighted by atomic mass is 32.2. The van der Waals surface area contributed by atoms with Crippen LogP contribution < -0.4 is 5.14 Å². The molecule has 0 radical (unpaired) electrons. The third-order valence-electron chi connectivity index (χ3n) is 1.41. The van der Waals surface area contributed by atoms with Crippen LogP contribution >= 0.6 is 11.3 Å². The zero-order valence-electron chi connectivity index (χ0n) is 6.64. The molecule has 0 aromatic carbocycles. The monoisotopic (exact) mass is 221 g/mol. The quantitative estimate of drug-likeness (QED) is 0.755. The van der Waals surface area contributed by atoms with Gasteiger partial charge in [0.15, 0.2) is 0 Å². The van der Waals surface area contributed by atoms with E-state index in [2.05, 4.69) is 0 Å². The Kier molecular flexibility index (Phi) is 2.42. The van der Waals surface area contributed by atoms with Crippen LogP contribution in [0.25, 0.3) is 0 Å². The number of primary sulfonamides is 1. The summed E-state index contributed by atoms with van der Waals surface area (Å²) < 4.78 is 21.5. The molecule has 7 heteroatoms. The predicted octanol–water partition coefficient (Wildman–Crippen LogP) is 0.402. The number of hydrogen-bond donors (Lipinski definition) is 2. The summed E-state index contributed by atoms with van der Waals surface area (Å²) in [6.07, 6.45) is 0. The van der Waals surface area contributed by atoms with Crippen molar-refractivity contribution in [2.75, 3.05) is 0 Å². The number of carboxylic acid groups (broad SMARTS) is 1. The fourth-order valence-corrected chi connectivity index (χ4v) is 2.87. The number of aromatic carboxylic acids is 1. The van der Waals surface area contributed by atoms with E-state index in [1.165, 1.54) is 12.3 Å². The van der Waals surface area contributed by atoms with Gasteiger partial charge in [-0.1, -0.05) is 0 Å². The van der Waals surface area contributed by atoms with E-state index in [9.17, 15) is 13.2 Å². The van der Waals surface area contributed by atoms with Gasteiger partial charge in [0.2, 0.25) is 10.0 Å². The summed E-state index contributed by atoms with van der Waals surface area (Å²) in [7, 11) is -3.92. The largest absolute Gasteiger partial charge is 0.478 e. The molecule has 0 fully saturated rings. The number of nitrogens with two attached hydrogens (primary N) is 1. The molecule has 5 nitrogen and oxygen atoms in total. The van der Waals surface area contributed by atoms with E-state index in [1.807, 2.05) is 0 Å². The van der Waals surface area contributed by atoms with Gasteiger partial charge in [0.25, 0.3) is 0 Å². The Morgan fingerprint density at radius 2 is 2.15 bits per heavy atom. The van der Waals surface area contributed by atoms with E-state index < -0.39 is 16.0 Å². The highest BCUT2D eigenvalue weighted by Crippen LogP contribution is 2.25. The Balaban J connectivity index is 3.49. The SMILES string of the molecule is Cc1csc(S(N)(=O)=O)c1C(=O)O. The van der Waals surface area contributed by atoms with Crippen molar-refractivity contribution in [3.63, 3.8) is 0 Å². The second kappa shape index (κ2) is 3.09. The predicted molar refractivity (Wildman–Crippen MR) is 47.4 cm³/mol. The van der Waals surface area contributed by atoms with Gasteiger partial charge < -0.3 is 5.11 Å². The number of rotatable bonds is 2. The van der Waals surface area contributed by atoms with Crippen molar-refractivity contribution in [3.05, 3.63) is 16.5 Å². The lowest BCUT2D eigenvalue weighted by atomic mass is 10.2. The number of sulfonamides is 1. The van der Waals surface area contributed by atoms with Crippen molar-refractivity contribution in [2.24, 2.45) is 5.14 Å². The first-order chi connectivity index (χ1) is 5.84. The minimum absolute atomic E-state index is 0.229. The topological polar surface area (TPSA) is 97.5 Å². The fraction of sp³-hybridized carbons (Fsp3) is 0.167. The Morgan fingerprint density at radius 1 is 1.62 bits per heavy atom. The van der Waals surface area contributed by atoms with Crippen LogP contribution in [-0.2, 0) is 10.0 Å². The van der Waals surface area contributed by atoms with Gasteiger partial charge in [0.1, 0.15) is 4.21 Å². The van der Waals surface area contributed by atoms with E-state index in [0.29, 0.717) is 5.56 Å². The maximum atomic E-state index is 10.9. The molecular weight excluding hydrogens is 214 g/mol. The lowest BCUT2D eigenvalue weighted by molar-refractivity contribution is 0.0693. The molecule has 0 saturated carbocycles. The third-order valence-corrected chi connectivity index (χ3v) is 4.01. The van der Waals surface area contributed by atoms with Gasteiger partial charge >= 0.3 is 5.97 Å². The first kappa shape index (κ1) is 10.2. The normalized spacial score (nSPS) is 11.5. The van der Waals surface area contributed by atoms with E-state index in [0.717, 1.165) is 11.3 Å². The number of carbonyl (C=O) groups is 1. The average Bonchev–Trinajstić information content (AvgIpc) is 2.28. The number of aryl methyl sites for hydroxylation is 1. The van der Waals surface area contributed by atoms with Gasteiger partial charge in [0.05, 0.1) is 5.56 Å². The molecule has 13 heavy (non-hydrogen) atoms. The highest BCUT2D eigenvalue weighted by Gasteiger charge is 2.23. The number of hydrogen-bond acceptors (Lipinski definition) is 4. The van der Waals surface area contributed by atoms with Gasteiger partial charge in [-0.2, -0.15) is 0 Å². The van der Waals surface area contributed by atoms with Crippen LogP contribution in [-0.4, -0.2) is 19.5 Å². The van der Waals surface area contributed by atoms with E-state index in [-0.39, 0.29) is 9.77 Å². The van der Waals surface area contributed by atoms with Crippen LogP contribution in [0, 0.1) is 6.92 Å². The summed E-state index contributed by atoms with van der Waals surface area (Å²) in [5.74, 6) is -1.28. The van der Waals surface area contributed by atoms with Crippen LogP contribution in [0.4, 0.5) is 0 Å². The van der Waals surface area contributed by atoms with Gasteiger partial charge in [-0.3, -0.25) is 0 Å². The van der Waals surface area contributed by atoms with Crippen LogP contribution in [0.15, 0.2) is 9.59 Å². The second-order valence-corrected chi connectivity index (χ2v) is 5.07.